The molecule has 0 saturated heterocycles. The van der Waals surface area contributed by atoms with Gasteiger partial charge in [0.1, 0.15) is 5.76 Å². The van der Waals surface area contributed by atoms with E-state index in [2.05, 4.69) is 24.0 Å². The Kier molecular flexibility index (Phi) is 2.41. The first-order chi connectivity index (χ1) is 8.24. The third-order valence-corrected chi connectivity index (χ3v) is 3.48. The van der Waals surface area contributed by atoms with E-state index in [0.29, 0.717) is 6.04 Å². The molecule has 3 rings (SSSR count). The first kappa shape index (κ1) is 10.4. The molecule has 0 fully saturated rings. The molecule has 0 radical (unpaired) electrons. The average molecular weight is 228 g/mol. The van der Waals surface area contributed by atoms with Crippen LogP contribution in [0.3, 0.4) is 0 Å². The third kappa shape index (κ3) is 1.83. The van der Waals surface area contributed by atoms with Gasteiger partial charge in [-0.2, -0.15) is 0 Å². The third-order valence-electron chi connectivity index (χ3n) is 3.48. The fourth-order valence-electron chi connectivity index (χ4n) is 2.42. The normalized spacial score (nSPS) is 17.0. The van der Waals surface area contributed by atoms with Crippen molar-refractivity contribution >= 4 is 5.69 Å². The summed E-state index contributed by atoms with van der Waals surface area (Å²) in [6, 6.07) is 10.4. The van der Waals surface area contributed by atoms with Crippen LogP contribution in [-0.4, -0.2) is 4.90 Å². The standard InChI is InChI=1S/C14H16N2O/c1-10(14-3-2-6-17-14)16-8-11-4-5-13(15)7-12(11)9-16/h2-7,10H,8-9,15H2,1H3. The van der Waals surface area contributed by atoms with Gasteiger partial charge in [-0.05, 0) is 42.3 Å². The van der Waals surface area contributed by atoms with Gasteiger partial charge in [0.2, 0.25) is 0 Å². The molecule has 0 spiro atoms. The molecule has 1 aromatic carbocycles. The van der Waals surface area contributed by atoms with Crippen molar-refractivity contribution in [2.75, 3.05) is 5.73 Å². The molecule has 3 nitrogen and oxygen atoms in total. The largest absolute Gasteiger partial charge is 0.468 e. The van der Waals surface area contributed by atoms with Gasteiger partial charge in [-0.3, -0.25) is 4.90 Å². The number of hydrogen-bond donors (Lipinski definition) is 1. The molecule has 2 N–H and O–H groups in total. The van der Waals surface area contributed by atoms with E-state index >= 15 is 0 Å². The summed E-state index contributed by atoms with van der Waals surface area (Å²) in [4.78, 5) is 2.39. The number of nitrogen functional groups attached to an aromatic ring is 1. The molecular weight excluding hydrogens is 212 g/mol. The van der Waals surface area contributed by atoms with Crippen LogP contribution in [0.2, 0.25) is 0 Å². The second-order valence-corrected chi connectivity index (χ2v) is 4.62. The molecule has 1 atom stereocenters. The number of rotatable bonds is 2. The van der Waals surface area contributed by atoms with Crippen LogP contribution in [0.4, 0.5) is 5.69 Å². The Morgan fingerprint density at radius 3 is 2.82 bits per heavy atom. The zero-order valence-electron chi connectivity index (χ0n) is 9.89. The molecule has 2 heterocycles. The summed E-state index contributed by atoms with van der Waals surface area (Å²) >= 11 is 0. The van der Waals surface area contributed by atoms with E-state index in [1.54, 1.807) is 6.26 Å². The Morgan fingerprint density at radius 1 is 1.24 bits per heavy atom. The molecule has 17 heavy (non-hydrogen) atoms. The van der Waals surface area contributed by atoms with Crippen LogP contribution in [-0.2, 0) is 13.1 Å². The topological polar surface area (TPSA) is 42.4 Å². The summed E-state index contributed by atoms with van der Waals surface area (Å²) in [5.74, 6) is 1.02. The van der Waals surface area contributed by atoms with Crippen molar-refractivity contribution in [3.63, 3.8) is 0 Å². The molecule has 1 unspecified atom stereocenters. The number of fused-ring (bicyclic) bond motifs is 1. The zero-order valence-corrected chi connectivity index (χ0v) is 9.89. The first-order valence-electron chi connectivity index (χ1n) is 5.89. The van der Waals surface area contributed by atoms with Gasteiger partial charge in [-0.15, -0.1) is 0 Å². The van der Waals surface area contributed by atoms with E-state index < -0.39 is 0 Å². The van der Waals surface area contributed by atoms with Crippen molar-refractivity contribution < 1.29 is 4.42 Å². The minimum absolute atomic E-state index is 0.304. The highest BCUT2D eigenvalue weighted by atomic mass is 16.3. The Morgan fingerprint density at radius 2 is 2.06 bits per heavy atom. The number of benzene rings is 1. The summed E-state index contributed by atoms with van der Waals surface area (Å²) in [5.41, 5.74) is 9.36. The number of nitrogens with zero attached hydrogens (tertiary/aromatic N) is 1. The summed E-state index contributed by atoms with van der Waals surface area (Å²) in [7, 11) is 0. The molecule has 3 heteroatoms. The van der Waals surface area contributed by atoms with E-state index in [4.69, 9.17) is 10.2 Å². The minimum Gasteiger partial charge on any atom is -0.468 e. The highest BCUT2D eigenvalue weighted by Gasteiger charge is 2.25. The quantitative estimate of drug-likeness (QED) is 0.803. The molecule has 2 aromatic rings. The van der Waals surface area contributed by atoms with Crippen molar-refractivity contribution in [2.24, 2.45) is 0 Å². The summed E-state index contributed by atoms with van der Waals surface area (Å²) in [5, 5.41) is 0. The maximum atomic E-state index is 5.81. The molecule has 0 amide bonds. The molecule has 0 bridgehead atoms. The molecule has 0 aliphatic carbocycles. The Labute approximate surface area is 101 Å². The Hall–Kier alpha value is -1.74. The molecule has 1 aromatic heterocycles. The summed E-state index contributed by atoms with van der Waals surface area (Å²) < 4.78 is 5.46. The SMILES string of the molecule is CC(c1ccco1)N1Cc2ccc(N)cc2C1. The molecular formula is C14H16N2O. The van der Waals surface area contributed by atoms with Crippen LogP contribution < -0.4 is 5.73 Å². The van der Waals surface area contributed by atoms with Crippen molar-refractivity contribution in [1.29, 1.82) is 0 Å². The maximum Gasteiger partial charge on any atom is 0.120 e. The fourth-order valence-corrected chi connectivity index (χ4v) is 2.42. The second-order valence-electron chi connectivity index (χ2n) is 4.62. The van der Waals surface area contributed by atoms with Gasteiger partial charge in [-0.1, -0.05) is 6.07 Å². The van der Waals surface area contributed by atoms with E-state index in [9.17, 15) is 0 Å². The van der Waals surface area contributed by atoms with E-state index in [1.807, 2.05) is 18.2 Å². The predicted molar refractivity (Wildman–Crippen MR) is 67.2 cm³/mol. The van der Waals surface area contributed by atoms with Crippen LogP contribution in [0.5, 0.6) is 0 Å². The predicted octanol–water partition coefficient (Wildman–Crippen LogP) is 2.94. The van der Waals surface area contributed by atoms with E-state index in [0.717, 1.165) is 24.5 Å². The number of hydrogen-bond acceptors (Lipinski definition) is 3. The van der Waals surface area contributed by atoms with Crippen LogP contribution >= 0.6 is 0 Å². The smallest absolute Gasteiger partial charge is 0.120 e. The molecule has 1 aliphatic heterocycles. The average Bonchev–Trinajstić information content (AvgIpc) is 2.96. The Bertz CT molecular complexity index is 519. The van der Waals surface area contributed by atoms with Gasteiger partial charge >= 0.3 is 0 Å². The van der Waals surface area contributed by atoms with Gasteiger partial charge in [-0.25, -0.2) is 0 Å². The van der Waals surface area contributed by atoms with Gasteiger partial charge < -0.3 is 10.2 Å². The van der Waals surface area contributed by atoms with Crippen LogP contribution in [0.15, 0.2) is 41.0 Å². The maximum absolute atomic E-state index is 5.81. The second kappa shape index (κ2) is 3.93. The van der Waals surface area contributed by atoms with Gasteiger partial charge in [0, 0.05) is 18.8 Å². The first-order valence-corrected chi connectivity index (χ1v) is 5.89. The fraction of sp³-hybridized carbons (Fsp3) is 0.286. The number of nitrogens with two attached hydrogens (primary N) is 1. The number of furan rings is 1. The highest BCUT2D eigenvalue weighted by molar-refractivity contribution is 5.46. The van der Waals surface area contributed by atoms with Crippen LogP contribution in [0, 0.1) is 0 Å². The van der Waals surface area contributed by atoms with Gasteiger partial charge in [0.05, 0.1) is 12.3 Å². The van der Waals surface area contributed by atoms with Gasteiger partial charge in [0.25, 0.3) is 0 Å². The van der Waals surface area contributed by atoms with Crippen LogP contribution in [0.25, 0.3) is 0 Å². The van der Waals surface area contributed by atoms with Crippen molar-refractivity contribution in [3.8, 4) is 0 Å². The lowest BCUT2D eigenvalue weighted by Crippen LogP contribution is -2.20. The van der Waals surface area contributed by atoms with Crippen molar-refractivity contribution in [2.45, 2.75) is 26.1 Å². The lowest BCUT2D eigenvalue weighted by molar-refractivity contribution is 0.190. The van der Waals surface area contributed by atoms with Gasteiger partial charge in [0.15, 0.2) is 0 Å². The zero-order chi connectivity index (χ0) is 11.8. The summed E-state index contributed by atoms with van der Waals surface area (Å²) in [6.07, 6.45) is 1.73. The summed E-state index contributed by atoms with van der Waals surface area (Å²) in [6.45, 7) is 4.09. The van der Waals surface area contributed by atoms with Crippen molar-refractivity contribution in [3.05, 3.63) is 53.5 Å². The lowest BCUT2D eigenvalue weighted by Gasteiger charge is -2.21. The van der Waals surface area contributed by atoms with Crippen molar-refractivity contribution in [1.82, 2.24) is 4.90 Å². The molecule has 0 saturated carbocycles. The minimum atomic E-state index is 0.304. The highest BCUT2D eigenvalue weighted by Crippen LogP contribution is 2.31. The van der Waals surface area contributed by atoms with E-state index in [-0.39, 0.29) is 0 Å². The molecule has 1 aliphatic rings. The lowest BCUT2D eigenvalue weighted by atomic mass is 10.1. The van der Waals surface area contributed by atoms with Crippen LogP contribution in [0.1, 0.15) is 29.9 Å². The Balaban J connectivity index is 1.82. The monoisotopic (exact) mass is 228 g/mol. The van der Waals surface area contributed by atoms with E-state index in [1.165, 1.54) is 11.1 Å². The molecule has 88 valence electrons. The number of anilines is 1.